The molecular formula is C18H19NO2S. The van der Waals surface area contributed by atoms with Crippen molar-refractivity contribution < 1.29 is 9.90 Å². The lowest BCUT2D eigenvalue weighted by molar-refractivity contribution is -0.118. The highest BCUT2D eigenvalue weighted by atomic mass is 32.1. The summed E-state index contributed by atoms with van der Waals surface area (Å²) in [5, 5.41) is 15.8. The third-order valence-electron chi connectivity index (χ3n) is 4.00. The molecule has 1 aromatic carbocycles. The number of amides is 1. The van der Waals surface area contributed by atoms with Gasteiger partial charge in [0.25, 0.3) is 0 Å². The van der Waals surface area contributed by atoms with E-state index in [9.17, 15) is 9.90 Å². The van der Waals surface area contributed by atoms with E-state index in [1.54, 1.807) is 17.4 Å². The number of carbonyl (C=O) groups excluding carboxylic acids is 1. The van der Waals surface area contributed by atoms with Crippen molar-refractivity contribution in [2.75, 3.05) is 6.54 Å². The Labute approximate surface area is 134 Å². The van der Waals surface area contributed by atoms with Crippen molar-refractivity contribution in [3.05, 3.63) is 64.4 Å². The number of thiophene rings is 1. The maximum absolute atomic E-state index is 12.0. The molecule has 1 unspecified atom stereocenters. The maximum Gasteiger partial charge on any atom is 0.244 e. The highest BCUT2D eigenvalue weighted by Crippen LogP contribution is 2.45. The Balaban J connectivity index is 1.64. The number of rotatable bonds is 6. The van der Waals surface area contributed by atoms with Crippen molar-refractivity contribution in [2.24, 2.45) is 5.92 Å². The number of benzene rings is 1. The van der Waals surface area contributed by atoms with Crippen LogP contribution in [-0.4, -0.2) is 17.6 Å². The van der Waals surface area contributed by atoms with Crippen LogP contribution in [0, 0.1) is 5.92 Å². The summed E-state index contributed by atoms with van der Waals surface area (Å²) in [6.45, 7) is 0.245. The average Bonchev–Trinajstić information content (AvgIpc) is 3.29. The van der Waals surface area contributed by atoms with Gasteiger partial charge >= 0.3 is 0 Å². The Morgan fingerprint density at radius 2 is 2.05 bits per heavy atom. The summed E-state index contributed by atoms with van der Waals surface area (Å²) >= 11 is 1.58. The summed E-state index contributed by atoms with van der Waals surface area (Å²) in [6, 6.07) is 13.5. The van der Waals surface area contributed by atoms with Gasteiger partial charge in [0, 0.05) is 11.0 Å². The predicted octanol–water partition coefficient (Wildman–Crippen LogP) is 3.18. The number of hydrogen-bond donors (Lipinski definition) is 2. The van der Waals surface area contributed by atoms with Crippen molar-refractivity contribution in [3.63, 3.8) is 0 Å². The SMILES string of the molecule is O=C(/C=C/c1cccs1)NCC(O)(c1ccccc1)C1CC1. The molecule has 0 radical (unpaired) electrons. The van der Waals surface area contributed by atoms with E-state index in [0.717, 1.165) is 23.3 Å². The van der Waals surface area contributed by atoms with Gasteiger partial charge < -0.3 is 10.4 Å². The molecule has 114 valence electrons. The van der Waals surface area contributed by atoms with Gasteiger partial charge in [-0.1, -0.05) is 36.4 Å². The van der Waals surface area contributed by atoms with Crippen LogP contribution in [0.25, 0.3) is 6.08 Å². The van der Waals surface area contributed by atoms with Crippen LogP contribution < -0.4 is 5.32 Å². The largest absolute Gasteiger partial charge is 0.383 e. The Morgan fingerprint density at radius 1 is 1.27 bits per heavy atom. The summed E-state index contributed by atoms with van der Waals surface area (Å²) in [7, 11) is 0. The molecule has 22 heavy (non-hydrogen) atoms. The second-order valence-electron chi connectivity index (χ2n) is 5.63. The first-order valence-corrected chi connectivity index (χ1v) is 8.34. The fraction of sp³-hybridized carbons (Fsp3) is 0.278. The number of hydrogen-bond acceptors (Lipinski definition) is 3. The fourth-order valence-electron chi connectivity index (χ4n) is 2.59. The lowest BCUT2D eigenvalue weighted by Gasteiger charge is -2.29. The minimum Gasteiger partial charge on any atom is -0.383 e. The Hall–Kier alpha value is -1.91. The molecule has 0 spiro atoms. The van der Waals surface area contributed by atoms with Crippen LogP contribution in [-0.2, 0) is 10.4 Å². The van der Waals surface area contributed by atoms with E-state index < -0.39 is 5.60 Å². The van der Waals surface area contributed by atoms with Gasteiger partial charge in [0.2, 0.25) is 5.91 Å². The van der Waals surface area contributed by atoms with Gasteiger partial charge in [0.15, 0.2) is 0 Å². The highest BCUT2D eigenvalue weighted by Gasteiger charge is 2.45. The molecule has 1 heterocycles. The molecule has 2 aromatic rings. The molecule has 0 saturated heterocycles. The van der Waals surface area contributed by atoms with Crippen molar-refractivity contribution in [3.8, 4) is 0 Å². The Kier molecular flexibility index (Phi) is 4.41. The summed E-state index contributed by atoms with van der Waals surface area (Å²) in [4.78, 5) is 13.0. The van der Waals surface area contributed by atoms with Gasteiger partial charge in [-0.2, -0.15) is 0 Å². The molecule has 1 saturated carbocycles. The smallest absolute Gasteiger partial charge is 0.244 e. The first-order chi connectivity index (χ1) is 10.7. The first kappa shape index (κ1) is 15.0. The maximum atomic E-state index is 12.0. The van der Waals surface area contributed by atoms with E-state index >= 15 is 0 Å². The van der Waals surface area contributed by atoms with Crippen LogP contribution in [0.15, 0.2) is 53.9 Å². The molecule has 1 atom stereocenters. The van der Waals surface area contributed by atoms with E-state index in [0.29, 0.717) is 0 Å². The summed E-state index contributed by atoms with van der Waals surface area (Å²) < 4.78 is 0. The molecule has 1 aliphatic rings. The lowest BCUT2D eigenvalue weighted by Crippen LogP contribution is -2.42. The Bertz CT molecular complexity index is 647. The molecule has 1 fully saturated rings. The number of carbonyl (C=O) groups is 1. The summed E-state index contributed by atoms with van der Waals surface area (Å²) in [5.74, 6) is 0.0554. The molecule has 4 heteroatoms. The van der Waals surface area contributed by atoms with Crippen LogP contribution in [0.3, 0.4) is 0 Å². The topological polar surface area (TPSA) is 49.3 Å². The van der Waals surface area contributed by atoms with Gasteiger partial charge in [-0.05, 0) is 41.8 Å². The second kappa shape index (κ2) is 6.46. The van der Waals surface area contributed by atoms with E-state index in [4.69, 9.17) is 0 Å². The lowest BCUT2D eigenvalue weighted by atomic mass is 9.88. The molecule has 1 amide bonds. The second-order valence-corrected chi connectivity index (χ2v) is 6.61. The van der Waals surface area contributed by atoms with Crippen molar-refractivity contribution >= 4 is 23.3 Å². The molecule has 1 aliphatic carbocycles. The quantitative estimate of drug-likeness (QED) is 0.805. The van der Waals surface area contributed by atoms with Crippen molar-refractivity contribution in [1.82, 2.24) is 5.32 Å². The van der Waals surface area contributed by atoms with E-state index in [1.807, 2.05) is 47.8 Å². The third kappa shape index (κ3) is 3.46. The molecular weight excluding hydrogens is 294 g/mol. The molecule has 2 N–H and O–H groups in total. The Morgan fingerprint density at radius 3 is 2.68 bits per heavy atom. The first-order valence-electron chi connectivity index (χ1n) is 7.46. The summed E-state index contributed by atoms with van der Waals surface area (Å²) in [6.07, 6.45) is 5.32. The van der Waals surface area contributed by atoms with Crippen LogP contribution in [0.2, 0.25) is 0 Å². The molecule has 0 bridgehead atoms. The molecule has 1 aromatic heterocycles. The van der Waals surface area contributed by atoms with Crippen molar-refractivity contribution in [1.29, 1.82) is 0 Å². The van der Waals surface area contributed by atoms with Gasteiger partial charge in [-0.3, -0.25) is 4.79 Å². The minimum absolute atomic E-state index is 0.177. The monoisotopic (exact) mass is 313 g/mol. The standard InChI is InChI=1S/C18H19NO2S/c20-17(11-10-16-7-4-12-22-16)19-13-18(21,15-8-9-15)14-5-2-1-3-6-14/h1-7,10-12,15,21H,8-9,13H2,(H,19,20)/b11-10+. The number of aliphatic hydroxyl groups is 1. The number of nitrogens with one attached hydrogen (secondary N) is 1. The molecule has 0 aliphatic heterocycles. The van der Waals surface area contributed by atoms with Crippen LogP contribution >= 0.6 is 11.3 Å². The normalized spacial score (nSPS) is 17.3. The molecule has 3 nitrogen and oxygen atoms in total. The fourth-order valence-corrected chi connectivity index (χ4v) is 3.21. The predicted molar refractivity (Wildman–Crippen MR) is 89.4 cm³/mol. The van der Waals surface area contributed by atoms with Gasteiger partial charge in [0.1, 0.15) is 5.60 Å². The third-order valence-corrected chi connectivity index (χ3v) is 4.84. The zero-order valence-corrected chi connectivity index (χ0v) is 13.1. The highest BCUT2D eigenvalue weighted by molar-refractivity contribution is 7.10. The van der Waals surface area contributed by atoms with E-state index in [2.05, 4.69) is 5.32 Å². The van der Waals surface area contributed by atoms with Crippen LogP contribution in [0.1, 0.15) is 23.3 Å². The van der Waals surface area contributed by atoms with Crippen LogP contribution in [0.4, 0.5) is 0 Å². The minimum atomic E-state index is -0.965. The molecule has 3 rings (SSSR count). The zero-order valence-electron chi connectivity index (χ0n) is 12.2. The van der Waals surface area contributed by atoms with Gasteiger partial charge in [0.05, 0.1) is 6.54 Å². The van der Waals surface area contributed by atoms with E-state index in [1.165, 1.54) is 6.08 Å². The van der Waals surface area contributed by atoms with Gasteiger partial charge in [-0.25, -0.2) is 0 Å². The van der Waals surface area contributed by atoms with Gasteiger partial charge in [-0.15, -0.1) is 11.3 Å². The average molecular weight is 313 g/mol. The van der Waals surface area contributed by atoms with E-state index in [-0.39, 0.29) is 18.4 Å². The summed E-state index contributed by atoms with van der Waals surface area (Å²) in [5.41, 5.74) is -0.0896. The zero-order chi connectivity index (χ0) is 15.4. The van der Waals surface area contributed by atoms with Crippen LogP contribution in [0.5, 0.6) is 0 Å². The van der Waals surface area contributed by atoms with Crippen molar-refractivity contribution in [2.45, 2.75) is 18.4 Å².